The first-order valence-corrected chi connectivity index (χ1v) is 10.9. The van der Waals surface area contributed by atoms with Crippen molar-refractivity contribution < 1.29 is 27.6 Å². The Morgan fingerprint density at radius 1 is 1.26 bits per heavy atom. The van der Waals surface area contributed by atoms with E-state index < -0.39 is 32.8 Å². The first-order chi connectivity index (χ1) is 14.7. The van der Waals surface area contributed by atoms with Crippen LogP contribution in [0.25, 0.3) is 10.9 Å². The summed E-state index contributed by atoms with van der Waals surface area (Å²) in [6.45, 7) is -0.267. The molecule has 1 aliphatic carbocycles. The molecule has 2 aromatic carbocycles. The fourth-order valence-electron chi connectivity index (χ4n) is 4.07. The van der Waals surface area contributed by atoms with Crippen molar-refractivity contribution in [1.29, 1.82) is 0 Å². The number of fused-ring (bicyclic) bond motifs is 3. The van der Waals surface area contributed by atoms with Crippen LogP contribution < -0.4 is 4.72 Å². The molecule has 1 aliphatic rings. The second-order valence-corrected chi connectivity index (χ2v) is 9.09. The molecule has 0 unspecified atom stereocenters. The molecule has 1 heterocycles. The molecule has 1 atom stereocenters. The van der Waals surface area contributed by atoms with Crippen LogP contribution in [-0.2, 0) is 34.2 Å². The number of nitro benzene ring substituents is 1. The molecule has 2 N–H and O–H groups in total. The number of non-ortho nitro benzene ring substituents is 1. The number of aromatic nitrogens is 1. The predicted octanol–water partition coefficient (Wildman–Crippen LogP) is 2.61. The number of hydrogen-bond donors (Lipinski definition) is 2. The van der Waals surface area contributed by atoms with E-state index in [2.05, 4.69) is 4.72 Å². The molecule has 3 aromatic rings. The van der Waals surface area contributed by atoms with Crippen molar-refractivity contribution in [2.45, 2.75) is 36.7 Å². The normalized spacial score (nSPS) is 16.2. The Hall–Kier alpha value is -3.31. The third-order valence-electron chi connectivity index (χ3n) is 5.40. The van der Waals surface area contributed by atoms with E-state index >= 15 is 0 Å². The Bertz CT molecular complexity index is 1300. The minimum atomic E-state index is -3.93. The van der Waals surface area contributed by atoms with Gasteiger partial charge >= 0.3 is 5.97 Å². The fraction of sp³-hybridized carbons (Fsp3) is 0.250. The van der Waals surface area contributed by atoms with Gasteiger partial charge in [-0.15, -0.1) is 0 Å². The lowest BCUT2D eigenvalue weighted by atomic mass is 9.92. The number of halogens is 1. The minimum absolute atomic E-state index is 0.0942. The van der Waals surface area contributed by atoms with Crippen LogP contribution in [0, 0.1) is 15.9 Å². The van der Waals surface area contributed by atoms with Crippen LogP contribution >= 0.6 is 0 Å². The van der Waals surface area contributed by atoms with E-state index in [1.165, 1.54) is 30.3 Å². The zero-order valence-electron chi connectivity index (χ0n) is 16.1. The van der Waals surface area contributed by atoms with Gasteiger partial charge in [0.25, 0.3) is 5.69 Å². The Kier molecular flexibility index (Phi) is 5.23. The van der Waals surface area contributed by atoms with Crippen molar-refractivity contribution >= 4 is 32.6 Å². The van der Waals surface area contributed by atoms with E-state index in [0.29, 0.717) is 23.7 Å². The molecule has 4 rings (SSSR count). The van der Waals surface area contributed by atoms with Gasteiger partial charge in [0.1, 0.15) is 12.4 Å². The van der Waals surface area contributed by atoms with Crippen LogP contribution in [0.3, 0.4) is 0 Å². The van der Waals surface area contributed by atoms with Crippen LogP contribution in [0.2, 0.25) is 0 Å². The molecule has 0 aliphatic heterocycles. The van der Waals surface area contributed by atoms with Crippen LogP contribution in [0.5, 0.6) is 0 Å². The quantitative estimate of drug-likeness (QED) is 0.441. The molecule has 0 saturated carbocycles. The molecule has 0 radical (unpaired) electrons. The topological polar surface area (TPSA) is 132 Å². The lowest BCUT2D eigenvalue weighted by molar-refractivity contribution is -0.384. The van der Waals surface area contributed by atoms with E-state index in [0.717, 1.165) is 23.4 Å². The Morgan fingerprint density at radius 2 is 1.97 bits per heavy atom. The molecule has 0 fully saturated rings. The van der Waals surface area contributed by atoms with E-state index in [1.54, 1.807) is 4.57 Å². The summed E-state index contributed by atoms with van der Waals surface area (Å²) in [7, 11) is -3.93. The summed E-state index contributed by atoms with van der Waals surface area (Å²) in [4.78, 5) is 21.4. The number of carbonyl (C=O) groups is 1. The Balaban J connectivity index is 1.64. The van der Waals surface area contributed by atoms with E-state index in [-0.39, 0.29) is 23.5 Å². The number of nitrogens with one attached hydrogen (secondary N) is 1. The van der Waals surface area contributed by atoms with Crippen molar-refractivity contribution in [1.82, 2.24) is 9.29 Å². The molecule has 0 bridgehead atoms. The summed E-state index contributed by atoms with van der Waals surface area (Å²) in [5, 5.41) is 20.6. The van der Waals surface area contributed by atoms with Gasteiger partial charge in [-0.1, -0.05) is 0 Å². The van der Waals surface area contributed by atoms with Gasteiger partial charge in [0.15, 0.2) is 0 Å². The monoisotopic (exact) mass is 447 g/mol. The van der Waals surface area contributed by atoms with Crippen LogP contribution in [-0.4, -0.2) is 35.0 Å². The summed E-state index contributed by atoms with van der Waals surface area (Å²) in [6.07, 6.45) is 1.12. The molecule has 0 saturated heterocycles. The number of nitrogens with zero attached hydrogens (tertiary/aromatic N) is 2. The number of rotatable bonds is 6. The molecule has 1 aromatic heterocycles. The van der Waals surface area contributed by atoms with Crippen LogP contribution in [0.4, 0.5) is 10.1 Å². The van der Waals surface area contributed by atoms with Crippen molar-refractivity contribution in [3.05, 3.63) is 69.7 Å². The molecule has 31 heavy (non-hydrogen) atoms. The highest BCUT2D eigenvalue weighted by molar-refractivity contribution is 7.89. The minimum Gasteiger partial charge on any atom is -0.480 e. The highest BCUT2D eigenvalue weighted by Gasteiger charge is 2.29. The van der Waals surface area contributed by atoms with Crippen LogP contribution in [0.1, 0.15) is 17.7 Å². The third kappa shape index (κ3) is 4.01. The molecule has 0 amide bonds. The number of aliphatic carboxylic acids is 1. The SMILES string of the molecule is O=C(O)Cn1c2c(c3cc(F)ccc31)C[C@@H](NS(=O)(=O)c1ccc([N+](=O)[O-])cc1)CC2. The molecule has 0 spiro atoms. The zero-order valence-corrected chi connectivity index (χ0v) is 16.9. The maximum atomic E-state index is 13.9. The highest BCUT2D eigenvalue weighted by Crippen LogP contribution is 2.33. The van der Waals surface area contributed by atoms with E-state index in [4.69, 9.17) is 0 Å². The summed E-state index contributed by atoms with van der Waals surface area (Å²) < 4.78 is 43.6. The van der Waals surface area contributed by atoms with Crippen molar-refractivity contribution in [3.63, 3.8) is 0 Å². The Labute approximate surface area is 176 Å². The highest BCUT2D eigenvalue weighted by atomic mass is 32.2. The van der Waals surface area contributed by atoms with Crippen molar-refractivity contribution in [2.24, 2.45) is 0 Å². The number of nitro groups is 1. The third-order valence-corrected chi connectivity index (χ3v) is 6.94. The average molecular weight is 447 g/mol. The van der Waals surface area contributed by atoms with Crippen LogP contribution in [0.15, 0.2) is 47.4 Å². The van der Waals surface area contributed by atoms with Gasteiger partial charge in [-0.2, -0.15) is 0 Å². The molecular weight excluding hydrogens is 429 g/mol. The van der Waals surface area contributed by atoms with Crippen molar-refractivity contribution in [3.8, 4) is 0 Å². The number of carboxylic acid groups (broad SMARTS) is 1. The number of benzene rings is 2. The van der Waals surface area contributed by atoms with Gasteiger partial charge < -0.3 is 9.67 Å². The summed E-state index contributed by atoms with van der Waals surface area (Å²) in [5.74, 6) is -1.48. The average Bonchev–Trinajstić information content (AvgIpc) is 2.99. The van der Waals surface area contributed by atoms with Gasteiger partial charge in [-0.3, -0.25) is 14.9 Å². The van der Waals surface area contributed by atoms with Crippen molar-refractivity contribution in [2.75, 3.05) is 0 Å². The number of carboxylic acids is 1. The van der Waals surface area contributed by atoms with Gasteiger partial charge in [-0.25, -0.2) is 17.5 Å². The van der Waals surface area contributed by atoms with Gasteiger partial charge in [0.05, 0.1) is 9.82 Å². The smallest absolute Gasteiger partial charge is 0.323 e. The molecule has 9 nitrogen and oxygen atoms in total. The number of sulfonamides is 1. The summed E-state index contributed by atoms with van der Waals surface area (Å²) in [6, 6.07) is 8.22. The standard InChI is InChI=1S/C20H18FN3O6S/c21-12-1-7-18-16(9-12)17-10-13(2-8-19(17)23(18)11-20(25)26)22-31(29,30)15-5-3-14(4-6-15)24(27)28/h1,3-7,9,13,22H,2,8,10-11H2,(H,25,26)/t13-/m0/s1. The first-order valence-electron chi connectivity index (χ1n) is 9.44. The van der Waals surface area contributed by atoms with E-state index in [1.807, 2.05) is 0 Å². The number of hydrogen-bond acceptors (Lipinski definition) is 5. The summed E-state index contributed by atoms with van der Waals surface area (Å²) in [5.41, 5.74) is 1.86. The zero-order chi connectivity index (χ0) is 22.3. The lowest BCUT2D eigenvalue weighted by Gasteiger charge is -2.24. The first kappa shape index (κ1) is 20.9. The fourth-order valence-corrected chi connectivity index (χ4v) is 5.34. The molecule has 162 valence electrons. The predicted molar refractivity (Wildman–Crippen MR) is 109 cm³/mol. The molecular formula is C20H18FN3O6S. The second kappa shape index (κ2) is 7.75. The second-order valence-electron chi connectivity index (χ2n) is 7.38. The van der Waals surface area contributed by atoms with Gasteiger partial charge in [0, 0.05) is 34.8 Å². The summed E-state index contributed by atoms with van der Waals surface area (Å²) >= 11 is 0. The largest absolute Gasteiger partial charge is 0.480 e. The maximum Gasteiger partial charge on any atom is 0.323 e. The van der Waals surface area contributed by atoms with Gasteiger partial charge in [-0.05, 0) is 55.2 Å². The van der Waals surface area contributed by atoms with Gasteiger partial charge in [0.2, 0.25) is 10.0 Å². The molecule has 11 heteroatoms. The van der Waals surface area contributed by atoms with E-state index in [9.17, 15) is 32.8 Å². The Morgan fingerprint density at radius 3 is 2.61 bits per heavy atom. The maximum absolute atomic E-state index is 13.9. The lowest BCUT2D eigenvalue weighted by Crippen LogP contribution is -2.39.